The molecular formula is C20H24N2O. The molecule has 2 aromatic carbocycles. The van der Waals surface area contributed by atoms with Crippen molar-refractivity contribution in [3.8, 4) is 0 Å². The van der Waals surface area contributed by atoms with E-state index in [0.29, 0.717) is 0 Å². The summed E-state index contributed by atoms with van der Waals surface area (Å²) in [7, 11) is 0. The van der Waals surface area contributed by atoms with Gasteiger partial charge in [-0.25, -0.2) is 0 Å². The van der Waals surface area contributed by atoms with Gasteiger partial charge in [0.15, 0.2) is 0 Å². The number of hydrogen-bond donors (Lipinski definition) is 1. The number of rotatable bonds is 3. The van der Waals surface area contributed by atoms with Gasteiger partial charge in [-0.15, -0.1) is 0 Å². The topological polar surface area (TPSA) is 32.3 Å². The van der Waals surface area contributed by atoms with Gasteiger partial charge in [-0.3, -0.25) is 4.79 Å². The minimum absolute atomic E-state index is 0.0445. The van der Waals surface area contributed by atoms with Crippen molar-refractivity contribution in [3.05, 3.63) is 59.2 Å². The summed E-state index contributed by atoms with van der Waals surface area (Å²) in [6.45, 7) is 6.28. The number of nitrogens with one attached hydrogen (secondary N) is 1. The molecule has 0 unspecified atom stereocenters. The van der Waals surface area contributed by atoms with Gasteiger partial charge in [-0.2, -0.15) is 0 Å². The van der Waals surface area contributed by atoms with Crippen molar-refractivity contribution in [3.63, 3.8) is 0 Å². The minimum atomic E-state index is -0.0445. The number of aryl methyl sites for hydroxylation is 1. The molecule has 3 heteroatoms. The Kier molecular flexibility index (Phi) is 4.65. The maximum atomic E-state index is 12.5. The van der Waals surface area contributed by atoms with Crippen molar-refractivity contribution in [1.29, 1.82) is 0 Å². The van der Waals surface area contributed by atoms with Crippen molar-refractivity contribution in [2.45, 2.75) is 33.1 Å². The molecule has 120 valence electrons. The Balaban J connectivity index is 1.70. The molecule has 0 bridgehead atoms. The predicted molar refractivity (Wildman–Crippen MR) is 96.4 cm³/mol. The second-order valence-electron chi connectivity index (χ2n) is 6.30. The van der Waals surface area contributed by atoms with Crippen molar-refractivity contribution in [2.24, 2.45) is 0 Å². The van der Waals surface area contributed by atoms with E-state index >= 15 is 0 Å². The molecule has 0 saturated carbocycles. The molecule has 2 aromatic rings. The fourth-order valence-electron chi connectivity index (χ4n) is 3.10. The fraction of sp³-hybridized carbons (Fsp3) is 0.350. The molecule has 1 N–H and O–H groups in total. The minimum Gasteiger partial charge on any atom is -0.372 e. The van der Waals surface area contributed by atoms with Crippen molar-refractivity contribution >= 4 is 17.3 Å². The highest BCUT2D eigenvalue weighted by atomic mass is 16.1. The second-order valence-corrected chi connectivity index (χ2v) is 6.30. The lowest BCUT2D eigenvalue weighted by molar-refractivity contribution is 0.102. The Hall–Kier alpha value is -2.29. The molecule has 0 atom stereocenters. The summed E-state index contributed by atoms with van der Waals surface area (Å²) in [6.07, 6.45) is 3.87. The number of nitrogens with zero attached hydrogens (tertiary/aromatic N) is 1. The Bertz CT molecular complexity index is 685. The van der Waals surface area contributed by atoms with Gasteiger partial charge in [0.1, 0.15) is 0 Å². The average molecular weight is 308 g/mol. The van der Waals surface area contributed by atoms with E-state index in [-0.39, 0.29) is 5.91 Å². The molecule has 1 fully saturated rings. The third-order valence-corrected chi connectivity index (χ3v) is 4.70. The summed E-state index contributed by atoms with van der Waals surface area (Å²) < 4.78 is 0. The van der Waals surface area contributed by atoms with Gasteiger partial charge in [0.25, 0.3) is 5.91 Å². The number of benzene rings is 2. The summed E-state index contributed by atoms with van der Waals surface area (Å²) >= 11 is 0. The van der Waals surface area contributed by atoms with Crippen LogP contribution in [-0.2, 0) is 0 Å². The molecular weight excluding hydrogens is 284 g/mol. The molecule has 3 rings (SSSR count). The molecule has 1 amide bonds. The molecule has 23 heavy (non-hydrogen) atoms. The van der Waals surface area contributed by atoms with E-state index < -0.39 is 0 Å². The first-order valence-electron chi connectivity index (χ1n) is 8.38. The van der Waals surface area contributed by atoms with Crippen LogP contribution in [0.5, 0.6) is 0 Å². The Morgan fingerprint density at radius 1 is 0.957 bits per heavy atom. The SMILES string of the molecule is Cc1cccc(C(=O)Nc2ccc(N3CCCCC3)cc2)c1C. The average Bonchev–Trinajstić information content (AvgIpc) is 2.59. The first-order chi connectivity index (χ1) is 11.1. The monoisotopic (exact) mass is 308 g/mol. The molecule has 1 saturated heterocycles. The lowest BCUT2D eigenvalue weighted by atomic mass is 10.0. The first-order valence-corrected chi connectivity index (χ1v) is 8.38. The normalized spacial score (nSPS) is 14.6. The van der Waals surface area contributed by atoms with Crippen molar-refractivity contribution in [2.75, 3.05) is 23.3 Å². The molecule has 1 heterocycles. The number of carbonyl (C=O) groups excluding carboxylic acids is 1. The first kappa shape index (κ1) is 15.6. The van der Waals surface area contributed by atoms with Gasteiger partial charge in [-0.05, 0) is 74.6 Å². The smallest absolute Gasteiger partial charge is 0.255 e. The number of carbonyl (C=O) groups is 1. The number of piperidine rings is 1. The van der Waals surface area contributed by atoms with Crippen molar-refractivity contribution in [1.82, 2.24) is 0 Å². The van der Waals surface area contributed by atoms with Crippen LogP contribution >= 0.6 is 0 Å². The Morgan fingerprint density at radius 2 is 1.65 bits per heavy atom. The lowest BCUT2D eigenvalue weighted by Gasteiger charge is -2.28. The molecule has 1 aliphatic heterocycles. The Morgan fingerprint density at radius 3 is 2.35 bits per heavy atom. The predicted octanol–water partition coefficient (Wildman–Crippen LogP) is 4.55. The van der Waals surface area contributed by atoms with E-state index in [1.54, 1.807) is 0 Å². The molecule has 1 aliphatic rings. The molecule has 0 spiro atoms. The molecule has 0 radical (unpaired) electrons. The van der Waals surface area contributed by atoms with Gasteiger partial charge in [0, 0.05) is 30.0 Å². The molecule has 0 aliphatic carbocycles. The standard InChI is InChI=1S/C20H24N2O/c1-15-7-6-8-19(16(15)2)20(23)21-17-9-11-18(12-10-17)22-13-4-3-5-14-22/h6-12H,3-5,13-14H2,1-2H3,(H,21,23). The number of hydrogen-bond acceptors (Lipinski definition) is 2. The van der Waals surface area contributed by atoms with Crippen LogP contribution in [0.2, 0.25) is 0 Å². The summed E-state index contributed by atoms with van der Waals surface area (Å²) in [6, 6.07) is 14.0. The quantitative estimate of drug-likeness (QED) is 0.902. The van der Waals surface area contributed by atoms with Gasteiger partial charge < -0.3 is 10.2 Å². The molecule has 3 nitrogen and oxygen atoms in total. The summed E-state index contributed by atoms with van der Waals surface area (Å²) in [5.74, 6) is -0.0445. The summed E-state index contributed by atoms with van der Waals surface area (Å²) in [4.78, 5) is 14.9. The highest BCUT2D eigenvalue weighted by molar-refractivity contribution is 6.05. The van der Waals surface area contributed by atoms with Crippen molar-refractivity contribution < 1.29 is 4.79 Å². The highest BCUT2D eigenvalue weighted by Crippen LogP contribution is 2.22. The van der Waals surface area contributed by atoms with E-state index in [0.717, 1.165) is 35.5 Å². The third kappa shape index (κ3) is 3.55. The zero-order chi connectivity index (χ0) is 16.2. The highest BCUT2D eigenvalue weighted by Gasteiger charge is 2.12. The van der Waals surface area contributed by atoms with E-state index in [2.05, 4.69) is 22.3 Å². The van der Waals surface area contributed by atoms with Gasteiger partial charge in [0.05, 0.1) is 0 Å². The largest absolute Gasteiger partial charge is 0.372 e. The van der Waals surface area contributed by atoms with Crippen LogP contribution in [0.4, 0.5) is 11.4 Å². The number of amides is 1. The Labute approximate surface area is 138 Å². The van der Waals surface area contributed by atoms with Crippen LogP contribution in [0.25, 0.3) is 0 Å². The maximum absolute atomic E-state index is 12.5. The van der Waals surface area contributed by atoms with Gasteiger partial charge in [0.2, 0.25) is 0 Å². The third-order valence-electron chi connectivity index (χ3n) is 4.70. The zero-order valence-corrected chi connectivity index (χ0v) is 13.9. The van der Waals surface area contributed by atoms with Gasteiger partial charge in [-0.1, -0.05) is 12.1 Å². The van der Waals surface area contributed by atoms with Crippen LogP contribution < -0.4 is 10.2 Å². The zero-order valence-electron chi connectivity index (χ0n) is 13.9. The van der Waals surface area contributed by atoms with E-state index in [1.807, 2.05) is 44.2 Å². The van der Waals surface area contributed by atoms with E-state index in [1.165, 1.54) is 24.9 Å². The fourth-order valence-corrected chi connectivity index (χ4v) is 3.10. The molecule has 0 aromatic heterocycles. The number of anilines is 2. The van der Waals surface area contributed by atoms with E-state index in [4.69, 9.17) is 0 Å². The second kappa shape index (κ2) is 6.86. The van der Waals surface area contributed by atoms with Crippen LogP contribution in [0, 0.1) is 13.8 Å². The van der Waals surface area contributed by atoms with E-state index in [9.17, 15) is 4.79 Å². The van der Waals surface area contributed by atoms with Crippen LogP contribution in [-0.4, -0.2) is 19.0 Å². The summed E-state index contributed by atoms with van der Waals surface area (Å²) in [5, 5.41) is 3.00. The van der Waals surface area contributed by atoms with Crippen LogP contribution in [0.3, 0.4) is 0 Å². The van der Waals surface area contributed by atoms with Crippen LogP contribution in [0.1, 0.15) is 40.7 Å². The maximum Gasteiger partial charge on any atom is 0.255 e. The van der Waals surface area contributed by atoms with Gasteiger partial charge >= 0.3 is 0 Å². The summed E-state index contributed by atoms with van der Waals surface area (Å²) in [5.41, 5.74) is 5.00. The van der Waals surface area contributed by atoms with Crippen LogP contribution in [0.15, 0.2) is 42.5 Å². The lowest BCUT2D eigenvalue weighted by Crippen LogP contribution is -2.29.